The number of rotatable bonds is 29. The van der Waals surface area contributed by atoms with E-state index in [0.717, 1.165) is 48.6 Å². The third kappa shape index (κ3) is 21.6. The zero-order valence-corrected chi connectivity index (χ0v) is 62.9. The third-order valence-corrected chi connectivity index (χ3v) is 19.4. The Kier molecular flexibility index (Phi) is 29.0. The summed E-state index contributed by atoms with van der Waals surface area (Å²) >= 11 is 19.0. The maximum absolute atomic E-state index is 14.4. The van der Waals surface area contributed by atoms with E-state index in [4.69, 9.17) is 130 Å². The SMILES string of the molecule is CO[C@@H]1O[C@@H](C)[C@H](OCc2ccccc2)[C@@H](O[C@H]2O[C@H](COCc3ccccc3)[C@@H](OCc3ccccc3)[C@H](OCc3ccccc3)[C@H]2OCc2ccccc2)[C@H]1O[C@@H]1O[C@@H](C)[C@H](O)[C@@H](O)[C@H]1O[C@@H]1O[C@@H]2COC(C)(C)O[C@H]2[C@H](O[C@@H]2O[C@@H](C)[C@H](OC(C)=O)[C@@H](OC(C)=O)[C@H]2OC(C)=O)[C@H]1NC(=O)C(Cl)(Cl)Cl. The normalized spacial score (nSPS) is 34.3. The molecule has 584 valence electrons. The number of esters is 3. The maximum atomic E-state index is 14.4. The van der Waals surface area contributed by atoms with Crippen molar-refractivity contribution in [1.29, 1.82) is 0 Å². The Labute approximate surface area is 636 Å². The lowest BCUT2D eigenvalue weighted by molar-refractivity contribution is -0.417. The molecule has 0 saturated carbocycles. The smallest absolute Gasteiger partial charge is 0.303 e. The molecule has 30 heteroatoms. The summed E-state index contributed by atoms with van der Waals surface area (Å²) in [5.41, 5.74) is 4.22. The molecule has 6 aliphatic rings. The quantitative estimate of drug-likeness (QED) is 0.0232. The molecule has 6 heterocycles. The van der Waals surface area contributed by atoms with E-state index in [2.05, 4.69) is 5.32 Å². The van der Waals surface area contributed by atoms with E-state index in [-0.39, 0.29) is 46.2 Å². The Morgan fingerprint density at radius 3 is 1.40 bits per heavy atom. The number of nitrogens with one attached hydrogen (secondary N) is 1. The Bertz CT molecular complexity index is 3600. The van der Waals surface area contributed by atoms with Crippen molar-refractivity contribution in [2.24, 2.45) is 0 Å². The van der Waals surface area contributed by atoms with E-state index >= 15 is 0 Å². The van der Waals surface area contributed by atoms with E-state index in [1.165, 1.54) is 21.0 Å². The molecule has 0 bridgehead atoms. The van der Waals surface area contributed by atoms with Gasteiger partial charge >= 0.3 is 17.9 Å². The van der Waals surface area contributed by atoms with E-state index in [0.29, 0.717) is 0 Å². The van der Waals surface area contributed by atoms with Gasteiger partial charge in [0.1, 0.15) is 85.4 Å². The van der Waals surface area contributed by atoms with Crippen molar-refractivity contribution in [3.63, 3.8) is 0 Å². The number of aliphatic hydroxyl groups excluding tert-OH is 2. The number of halogens is 3. The van der Waals surface area contributed by atoms with Gasteiger partial charge in [0, 0.05) is 27.9 Å². The van der Waals surface area contributed by atoms with Crippen LogP contribution in [0.2, 0.25) is 0 Å². The largest absolute Gasteiger partial charge is 0.456 e. The number of carbonyl (C=O) groups is 4. The zero-order valence-electron chi connectivity index (χ0n) is 60.6. The summed E-state index contributed by atoms with van der Waals surface area (Å²) in [7, 11) is 1.39. The van der Waals surface area contributed by atoms with Gasteiger partial charge in [-0.2, -0.15) is 0 Å². The van der Waals surface area contributed by atoms with Gasteiger partial charge in [-0.1, -0.05) is 186 Å². The number of amides is 1. The highest BCUT2D eigenvalue weighted by Gasteiger charge is 2.61. The Balaban J connectivity index is 0.998. The summed E-state index contributed by atoms with van der Waals surface area (Å²) in [4.78, 5) is 52.9. The van der Waals surface area contributed by atoms with Crippen LogP contribution < -0.4 is 5.32 Å². The Morgan fingerprint density at radius 1 is 0.458 bits per heavy atom. The molecular formula is C77H94Cl3NO26. The average molecular weight is 1560 g/mol. The van der Waals surface area contributed by atoms with Gasteiger partial charge in [-0.05, 0) is 62.4 Å². The van der Waals surface area contributed by atoms with Gasteiger partial charge in [0.2, 0.25) is 0 Å². The van der Waals surface area contributed by atoms with E-state index in [9.17, 15) is 29.4 Å². The predicted octanol–water partition coefficient (Wildman–Crippen LogP) is 7.94. The standard InChI is InChI=1S/C77H94Cl3NO26/c1-42-56(85)57(86)63(104-70-55(81-75(87)77(78,79)80)62(61-54(101-70)41-94-76(7,8)107-61)103-74-69(100-47(6)84)66(99-46(5)83)59(44(3)97-74)98-45(4)82)72(95-42)106-68-65(58(43(2)96-71(68)88-9)90-36-49-27-17-11-18-28-49)105-73-67(93-39-52-33-23-14-24-34-52)64(92-38-51-31-21-13-22-32-51)60(91-37-50-29-19-12-20-30-50)53(102-73)40-89-35-48-25-15-10-16-26-48/h10-34,42-44,53-74,85-86H,35-41H2,1-9H3,(H,81,87)/t42-,43-,44-,53+,54+,55+,56-,57+,58-,59-,60+,61+,62+,63+,64-,65+,66+,67+,68+,69+,70-,71+,72-,73+,74-/m0/s1. The molecule has 0 aliphatic carbocycles. The summed E-state index contributed by atoms with van der Waals surface area (Å²) in [6, 6.07) is 46.2. The highest BCUT2D eigenvalue weighted by Crippen LogP contribution is 2.43. The summed E-state index contributed by atoms with van der Waals surface area (Å²) in [6.45, 7) is 11.5. The lowest BCUT2D eigenvalue weighted by Crippen LogP contribution is -2.72. The lowest BCUT2D eigenvalue weighted by atomic mass is 9.93. The van der Waals surface area contributed by atoms with E-state index in [1.807, 2.05) is 152 Å². The van der Waals surface area contributed by atoms with Crippen LogP contribution in [0.25, 0.3) is 0 Å². The fraction of sp³-hybridized carbons (Fsp3) is 0.558. The van der Waals surface area contributed by atoms with Gasteiger partial charge in [0.05, 0.1) is 64.6 Å². The molecule has 27 nitrogen and oxygen atoms in total. The van der Waals surface area contributed by atoms with Crippen LogP contribution in [0.15, 0.2) is 152 Å². The first-order valence-electron chi connectivity index (χ1n) is 35.5. The molecule has 0 spiro atoms. The van der Waals surface area contributed by atoms with Crippen LogP contribution in [0.4, 0.5) is 0 Å². The maximum Gasteiger partial charge on any atom is 0.303 e. The minimum absolute atomic E-state index is 0.0185. The fourth-order valence-corrected chi connectivity index (χ4v) is 13.9. The third-order valence-electron chi connectivity index (χ3n) is 18.9. The van der Waals surface area contributed by atoms with Crippen molar-refractivity contribution >= 4 is 58.6 Å². The molecule has 5 aromatic carbocycles. The average Bonchev–Trinajstić information content (AvgIpc) is 0.766. The number of aliphatic hydroxyl groups is 2. The van der Waals surface area contributed by atoms with E-state index in [1.54, 1.807) is 20.8 Å². The number of carbonyl (C=O) groups excluding carboxylic acids is 4. The van der Waals surface area contributed by atoms with Crippen LogP contribution >= 0.6 is 34.8 Å². The van der Waals surface area contributed by atoms with Crippen molar-refractivity contribution in [2.45, 2.75) is 251 Å². The molecule has 5 aromatic rings. The number of hydrogen-bond donors (Lipinski definition) is 3. The molecule has 3 N–H and O–H groups in total. The second-order valence-electron chi connectivity index (χ2n) is 27.4. The molecular weight excluding hydrogens is 1460 g/mol. The molecule has 0 unspecified atom stereocenters. The molecule has 1 amide bonds. The van der Waals surface area contributed by atoms with Crippen LogP contribution in [0, 0.1) is 0 Å². The van der Waals surface area contributed by atoms with Crippen molar-refractivity contribution in [2.75, 3.05) is 20.3 Å². The van der Waals surface area contributed by atoms with Gasteiger partial charge in [-0.25, -0.2) is 0 Å². The molecule has 6 saturated heterocycles. The summed E-state index contributed by atoms with van der Waals surface area (Å²) < 4.78 is 131. The van der Waals surface area contributed by atoms with E-state index < -0.39 is 187 Å². The van der Waals surface area contributed by atoms with Gasteiger partial charge in [0.25, 0.3) is 9.70 Å². The second kappa shape index (κ2) is 37.9. The molecule has 6 fully saturated rings. The molecule has 107 heavy (non-hydrogen) atoms. The molecule has 0 radical (unpaired) electrons. The number of hydrogen-bond acceptors (Lipinski definition) is 26. The first kappa shape index (κ1) is 82.1. The van der Waals surface area contributed by atoms with Gasteiger partial charge in [-0.15, -0.1) is 0 Å². The number of benzene rings is 5. The summed E-state index contributed by atoms with van der Waals surface area (Å²) in [5, 5.41) is 27.3. The minimum Gasteiger partial charge on any atom is -0.456 e. The topological polar surface area (TPSA) is 305 Å². The van der Waals surface area contributed by atoms with Crippen LogP contribution in [0.3, 0.4) is 0 Å². The highest BCUT2D eigenvalue weighted by atomic mass is 35.6. The Morgan fingerprint density at radius 2 is 0.879 bits per heavy atom. The molecule has 25 atom stereocenters. The number of ether oxygens (including phenoxy) is 20. The van der Waals surface area contributed by atoms with Crippen LogP contribution in [0.5, 0.6) is 0 Å². The van der Waals surface area contributed by atoms with Crippen LogP contribution in [-0.2, 0) is 147 Å². The first-order chi connectivity index (χ1) is 51.3. The predicted molar refractivity (Wildman–Crippen MR) is 379 cm³/mol. The summed E-state index contributed by atoms with van der Waals surface area (Å²) in [6.07, 6.45) is -33.7. The van der Waals surface area contributed by atoms with Gasteiger partial charge in [0.15, 0.2) is 55.5 Å². The van der Waals surface area contributed by atoms with Crippen molar-refractivity contribution in [3.8, 4) is 0 Å². The van der Waals surface area contributed by atoms with Crippen molar-refractivity contribution in [1.82, 2.24) is 5.32 Å². The second-order valence-corrected chi connectivity index (χ2v) is 29.7. The lowest BCUT2D eigenvalue weighted by Gasteiger charge is -2.54. The minimum atomic E-state index is -2.70. The van der Waals surface area contributed by atoms with Crippen LogP contribution in [-0.4, -0.2) is 217 Å². The number of methoxy groups -OCH3 is 1. The number of alkyl halides is 3. The van der Waals surface area contributed by atoms with Crippen molar-refractivity contribution < 1.29 is 124 Å². The van der Waals surface area contributed by atoms with Crippen LogP contribution in [0.1, 0.15) is 83.2 Å². The van der Waals surface area contributed by atoms with Gasteiger partial charge in [-0.3, -0.25) is 19.2 Å². The van der Waals surface area contributed by atoms with Gasteiger partial charge < -0.3 is 110 Å². The Hall–Kier alpha value is -5.91. The monoisotopic (exact) mass is 1550 g/mol. The first-order valence-corrected chi connectivity index (χ1v) is 36.7. The fourth-order valence-electron chi connectivity index (χ4n) is 13.8. The summed E-state index contributed by atoms with van der Waals surface area (Å²) in [5.74, 6) is -5.20. The highest BCUT2D eigenvalue weighted by molar-refractivity contribution is 6.76. The zero-order chi connectivity index (χ0) is 76.1. The molecule has 11 rings (SSSR count). The van der Waals surface area contributed by atoms with Crippen molar-refractivity contribution in [3.05, 3.63) is 179 Å². The number of fused-ring (bicyclic) bond motifs is 1. The molecule has 0 aromatic heterocycles. The molecule has 6 aliphatic heterocycles.